The average Bonchev–Trinajstić information content (AvgIpc) is 2.10. The molecule has 3 heteroatoms. The number of benzene rings is 1. The van der Waals surface area contributed by atoms with E-state index in [1.54, 1.807) is 6.07 Å². The predicted molar refractivity (Wildman–Crippen MR) is 56.0 cm³/mol. The minimum absolute atomic E-state index is 0.314. The van der Waals surface area contributed by atoms with Crippen molar-refractivity contribution in [3.63, 3.8) is 0 Å². The first-order valence-electron chi connectivity index (χ1n) is 4.29. The summed E-state index contributed by atoms with van der Waals surface area (Å²) in [4.78, 5) is 1.93. The van der Waals surface area contributed by atoms with Gasteiger partial charge in [-0.15, -0.1) is 6.42 Å². The highest BCUT2D eigenvalue weighted by Gasteiger charge is 2.03. The Bertz CT molecular complexity index is 355. The van der Waals surface area contributed by atoms with E-state index in [0.29, 0.717) is 18.8 Å². The Morgan fingerprint density at radius 2 is 2.29 bits per heavy atom. The van der Waals surface area contributed by atoms with Crippen LogP contribution in [0.15, 0.2) is 18.2 Å². The molecule has 0 radical (unpaired) electrons. The number of hydrogen-bond donors (Lipinski definition) is 1. The van der Waals surface area contributed by atoms with Crippen LogP contribution in [-0.4, -0.2) is 18.5 Å². The summed E-state index contributed by atoms with van der Waals surface area (Å²) in [5.74, 6) is 2.22. The summed E-state index contributed by atoms with van der Waals surface area (Å²) in [7, 11) is 1.89. The molecule has 1 aromatic carbocycles. The Morgan fingerprint density at radius 1 is 1.57 bits per heavy atom. The third-order valence-corrected chi connectivity index (χ3v) is 1.91. The fraction of sp³-hybridized carbons (Fsp3) is 0.273. The second-order valence-corrected chi connectivity index (χ2v) is 3.22. The molecule has 0 bridgehead atoms. The number of nitrogens with zero attached hydrogens (tertiary/aromatic N) is 1. The zero-order valence-electron chi connectivity index (χ0n) is 8.13. The van der Waals surface area contributed by atoms with Crippen molar-refractivity contribution in [2.24, 2.45) is 0 Å². The third-order valence-electron chi connectivity index (χ3n) is 1.91. The summed E-state index contributed by atoms with van der Waals surface area (Å²) >= 11 is 0. The molecule has 0 heterocycles. The summed E-state index contributed by atoms with van der Waals surface area (Å²) in [6.07, 6.45) is 5.16. The normalized spacial score (nSPS) is 10.1. The van der Waals surface area contributed by atoms with Gasteiger partial charge < -0.3 is 5.73 Å². The van der Waals surface area contributed by atoms with Crippen LogP contribution < -0.4 is 5.73 Å². The fourth-order valence-corrected chi connectivity index (χ4v) is 1.21. The lowest BCUT2D eigenvalue weighted by Gasteiger charge is -2.14. The molecule has 0 aliphatic carbocycles. The second kappa shape index (κ2) is 4.64. The zero-order valence-corrected chi connectivity index (χ0v) is 8.13. The second-order valence-electron chi connectivity index (χ2n) is 3.22. The van der Waals surface area contributed by atoms with Gasteiger partial charge in [0, 0.05) is 12.2 Å². The molecule has 14 heavy (non-hydrogen) atoms. The monoisotopic (exact) mass is 192 g/mol. The lowest BCUT2D eigenvalue weighted by Crippen LogP contribution is -2.18. The molecular formula is C11H13FN2. The van der Waals surface area contributed by atoms with Gasteiger partial charge >= 0.3 is 0 Å². The largest absolute Gasteiger partial charge is 0.398 e. The third kappa shape index (κ3) is 2.75. The van der Waals surface area contributed by atoms with Gasteiger partial charge in [0.25, 0.3) is 0 Å². The lowest BCUT2D eigenvalue weighted by molar-refractivity contribution is 0.369. The predicted octanol–water partition coefficient (Wildman–Crippen LogP) is 1.47. The summed E-state index contributed by atoms with van der Waals surface area (Å²) in [5.41, 5.74) is 7.01. The number of terminal acetylenes is 1. The van der Waals surface area contributed by atoms with Crippen molar-refractivity contribution in [3.8, 4) is 12.3 Å². The van der Waals surface area contributed by atoms with Crippen LogP contribution >= 0.6 is 0 Å². The molecule has 2 nitrogen and oxygen atoms in total. The molecule has 0 fully saturated rings. The quantitative estimate of drug-likeness (QED) is 0.580. The first-order valence-corrected chi connectivity index (χ1v) is 4.29. The van der Waals surface area contributed by atoms with Gasteiger partial charge in [-0.1, -0.05) is 12.0 Å². The van der Waals surface area contributed by atoms with Gasteiger partial charge in [-0.05, 0) is 24.7 Å². The van der Waals surface area contributed by atoms with Gasteiger partial charge in [0.15, 0.2) is 0 Å². The Labute approximate surface area is 83.5 Å². The molecule has 1 rings (SSSR count). The highest BCUT2D eigenvalue weighted by Crippen LogP contribution is 2.14. The number of hydrogen-bond acceptors (Lipinski definition) is 2. The molecule has 1 aromatic rings. The molecule has 0 amide bonds. The Hall–Kier alpha value is -1.53. The maximum Gasteiger partial charge on any atom is 0.125 e. The van der Waals surface area contributed by atoms with Crippen LogP contribution in [0.5, 0.6) is 0 Å². The molecule has 0 saturated carbocycles. The van der Waals surface area contributed by atoms with E-state index in [1.165, 1.54) is 12.1 Å². The van der Waals surface area contributed by atoms with E-state index in [2.05, 4.69) is 5.92 Å². The Morgan fingerprint density at radius 3 is 2.86 bits per heavy atom. The van der Waals surface area contributed by atoms with E-state index >= 15 is 0 Å². The van der Waals surface area contributed by atoms with E-state index < -0.39 is 0 Å². The van der Waals surface area contributed by atoms with Crippen LogP contribution in [0.4, 0.5) is 10.1 Å². The van der Waals surface area contributed by atoms with Gasteiger partial charge in [0.2, 0.25) is 0 Å². The van der Waals surface area contributed by atoms with Crippen LogP contribution in [0.3, 0.4) is 0 Å². The molecule has 0 aliphatic rings. The van der Waals surface area contributed by atoms with Crippen LogP contribution in [0.2, 0.25) is 0 Å². The summed E-state index contributed by atoms with van der Waals surface area (Å²) < 4.78 is 12.7. The van der Waals surface area contributed by atoms with Crippen molar-refractivity contribution in [1.29, 1.82) is 0 Å². The molecule has 0 aromatic heterocycles. The number of halogens is 1. The fourth-order valence-electron chi connectivity index (χ4n) is 1.21. The smallest absolute Gasteiger partial charge is 0.125 e. The first kappa shape index (κ1) is 10.6. The molecule has 0 atom stereocenters. The van der Waals surface area contributed by atoms with E-state index in [1.807, 2.05) is 11.9 Å². The maximum atomic E-state index is 12.7. The van der Waals surface area contributed by atoms with Gasteiger partial charge in [-0.25, -0.2) is 4.39 Å². The van der Waals surface area contributed by atoms with Crippen LogP contribution in [0.1, 0.15) is 5.56 Å². The minimum Gasteiger partial charge on any atom is -0.398 e. The van der Waals surface area contributed by atoms with Crippen LogP contribution in [-0.2, 0) is 6.54 Å². The average molecular weight is 192 g/mol. The number of anilines is 1. The molecule has 74 valence electrons. The van der Waals surface area contributed by atoms with Crippen molar-refractivity contribution < 1.29 is 4.39 Å². The van der Waals surface area contributed by atoms with Crippen LogP contribution in [0, 0.1) is 18.2 Å². The highest BCUT2D eigenvalue weighted by atomic mass is 19.1. The standard InChI is InChI=1S/C11H13FN2/c1-3-6-14(2)8-9-4-5-10(12)7-11(9)13/h1,4-5,7H,6,8,13H2,2H3. The molecule has 0 unspecified atom stereocenters. The van der Waals surface area contributed by atoms with Crippen molar-refractivity contribution >= 4 is 5.69 Å². The molecule has 0 spiro atoms. The summed E-state index contributed by atoms with van der Waals surface area (Å²) in [6.45, 7) is 1.19. The van der Waals surface area contributed by atoms with E-state index in [9.17, 15) is 4.39 Å². The highest BCUT2D eigenvalue weighted by molar-refractivity contribution is 5.46. The SMILES string of the molecule is C#CCN(C)Cc1ccc(F)cc1N. The van der Waals surface area contributed by atoms with Crippen molar-refractivity contribution in [3.05, 3.63) is 29.6 Å². The van der Waals surface area contributed by atoms with Crippen molar-refractivity contribution in [2.45, 2.75) is 6.54 Å². The van der Waals surface area contributed by atoms with E-state index in [0.717, 1.165) is 5.56 Å². The van der Waals surface area contributed by atoms with Gasteiger partial charge in [-0.3, -0.25) is 4.90 Å². The summed E-state index contributed by atoms with van der Waals surface area (Å²) in [6, 6.07) is 4.39. The minimum atomic E-state index is -0.314. The zero-order chi connectivity index (χ0) is 10.6. The lowest BCUT2D eigenvalue weighted by atomic mass is 10.1. The molecule has 0 saturated heterocycles. The van der Waals surface area contributed by atoms with Crippen molar-refractivity contribution in [1.82, 2.24) is 4.90 Å². The Kier molecular flexibility index (Phi) is 3.49. The van der Waals surface area contributed by atoms with E-state index in [-0.39, 0.29) is 5.82 Å². The molecule has 2 N–H and O–H groups in total. The first-order chi connectivity index (χ1) is 6.63. The summed E-state index contributed by atoms with van der Waals surface area (Å²) in [5, 5.41) is 0. The number of nitrogens with two attached hydrogens (primary N) is 1. The van der Waals surface area contributed by atoms with Crippen molar-refractivity contribution in [2.75, 3.05) is 19.3 Å². The van der Waals surface area contributed by atoms with Crippen LogP contribution in [0.25, 0.3) is 0 Å². The number of rotatable bonds is 3. The van der Waals surface area contributed by atoms with Gasteiger partial charge in [0.05, 0.1) is 6.54 Å². The maximum absolute atomic E-state index is 12.7. The topological polar surface area (TPSA) is 29.3 Å². The molecule has 0 aliphatic heterocycles. The van der Waals surface area contributed by atoms with Gasteiger partial charge in [0.1, 0.15) is 5.82 Å². The van der Waals surface area contributed by atoms with E-state index in [4.69, 9.17) is 12.2 Å². The Balaban J connectivity index is 2.73. The van der Waals surface area contributed by atoms with Gasteiger partial charge in [-0.2, -0.15) is 0 Å². The molecular weight excluding hydrogens is 179 g/mol. The number of nitrogen functional groups attached to an aromatic ring is 1.